The van der Waals surface area contributed by atoms with E-state index in [1.807, 2.05) is 20.8 Å². The highest BCUT2D eigenvalue weighted by Crippen LogP contribution is 2.20. The molecule has 0 aromatic rings. The van der Waals surface area contributed by atoms with E-state index in [1.165, 1.54) is 0 Å². The summed E-state index contributed by atoms with van der Waals surface area (Å²) in [7, 11) is -3.38. The van der Waals surface area contributed by atoms with Crippen molar-refractivity contribution in [3.63, 3.8) is 0 Å². The maximum atomic E-state index is 11.9. The summed E-state index contributed by atoms with van der Waals surface area (Å²) >= 11 is 0. The number of piperidine rings is 1. The average molecular weight is 307 g/mol. The van der Waals surface area contributed by atoms with Crippen LogP contribution < -0.4 is 0 Å². The first kappa shape index (κ1) is 17.2. The Morgan fingerprint density at radius 1 is 1.25 bits per heavy atom. The topological polar surface area (TPSA) is 72.9 Å². The molecular formula is C13H25NO5S. The highest BCUT2D eigenvalue weighted by Gasteiger charge is 2.27. The lowest BCUT2D eigenvalue weighted by atomic mass is 9.98. The first-order chi connectivity index (χ1) is 9.13. The van der Waals surface area contributed by atoms with Crippen molar-refractivity contribution < 1.29 is 22.1 Å². The standard InChI is InChI=1S/C13H25NO5S/c1-5-20(16,17)18-10-11-6-8-14(9-7-11)12(15)19-13(2,3)4/h11H,5-10H2,1-4H3. The molecule has 0 bridgehead atoms. The average Bonchev–Trinajstić information content (AvgIpc) is 2.35. The smallest absolute Gasteiger partial charge is 0.410 e. The Hall–Kier alpha value is -0.820. The van der Waals surface area contributed by atoms with Crippen LogP contribution in [0.15, 0.2) is 0 Å². The van der Waals surface area contributed by atoms with E-state index in [9.17, 15) is 13.2 Å². The van der Waals surface area contributed by atoms with Crippen molar-refractivity contribution >= 4 is 16.2 Å². The van der Waals surface area contributed by atoms with Gasteiger partial charge >= 0.3 is 6.09 Å². The van der Waals surface area contributed by atoms with Crippen LogP contribution >= 0.6 is 0 Å². The van der Waals surface area contributed by atoms with E-state index in [0.717, 1.165) is 12.8 Å². The molecular weight excluding hydrogens is 282 g/mol. The predicted molar refractivity (Wildman–Crippen MR) is 75.9 cm³/mol. The molecule has 1 saturated heterocycles. The van der Waals surface area contributed by atoms with Crippen molar-refractivity contribution in [2.45, 2.75) is 46.1 Å². The van der Waals surface area contributed by atoms with Gasteiger partial charge in [0.1, 0.15) is 5.60 Å². The van der Waals surface area contributed by atoms with Gasteiger partial charge in [-0.3, -0.25) is 4.18 Å². The lowest BCUT2D eigenvalue weighted by Crippen LogP contribution is -2.42. The van der Waals surface area contributed by atoms with Gasteiger partial charge in [0.2, 0.25) is 0 Å². The summed E-state index contributed by atoms with van der Waals surface area (Å²) in [6.45, 7) is 8.42. The number of carbonyl (C=O) groups is 1. The van der Waals surface area contributed by atoms with Gasteiger partial charge in [-0.15, -0.1) is 0 Å². The predicted octanol–water partition coefficient (Wildman–Crippen LogP) is 2.00. The Morgan fingerprint density at radius 3 is 2.25 bits per heavy atom. The zero-order chi connectivity index (χ0) is 15.4. The van der Waals surface area contributed by atoms with Gasteiger partial charge in [-0.1, -0.05) is 0 Å². The molecule has 1 amide bonds. The van der Waals surface area contributed by atoms with Crippen molar-refractivity contribution in [2.24, 2.45) is 5.92 Å². The van der Waals surface area contributed by atoms with E-state index in [0.29, 0.717) is 13.1 Å². The molecule has 1 rings (SSSR count). The number of amides is 1. The number of nitrogens with zero attached hydrogens (tertiary/aromatic N) is 1. The first-order valence-corrected chi connectivity index (χ1v) is 8.55. The second-order valence-electron chi connectivity index (χ2n) is 6.04. The number of rotatable bonds is 4. The third-order valence-electron chi connectivity index (χ3n) is 3.10. The molecule has 0 aromatic carbocycles. The van der Waals surface area contributed by atoms with E-state index in [-0.39, 0.29) is 24.4 Å². The highest BCUT2D eigenvalue weighted by molar-refractivity contribution is 7.86. The van der Waals surface area contributed by atoms with Crippen LogP contribution in [0.25, 0.3) is 0 Å². The van der Waals surface area contributed by atoms with Crippen molar-refractivity contribution in [3.05, 3.63) is 0 Å². The van der Waals surface area contributed by atoms with Crippen LogP contribution in [0.4, 0.5) is 4.79 Å². The minimum Gasteiger partial charge on any atom is -0.444 e. The van der Waals surface area contributed by atoms with Crippen LogP contribution in [0.1, 0.15) is 40.5 Å². The van der Waals surface area contributed by atoms with Crippen molar-refractivity contribution in [2.75, 3.05) is 25.4 Å². The summed E-state index contributed by atoms with van der Waals surface area (Å²) in [6.07, 6.45) is 1.16. The van der Waals surface area contributed by atoms with E-state index < -0.39 is 15.7 Å². The summed E-state index contributed by atoms with van der Waals surface area (Å²) in [5.74, 6) is 0.166. The van der Waals surface area contributed by atoms with Gasteiger partial charge in [0, 0.05) is 13.1 Å². The molecule has 20 heavy (non-hydrogen) atoms. The van der Waals surface area contributed by atoms with Gasteiger partial charge in [-0.05, 0) is 46.5 Å². The molecule has 118 valence electrons. The Kier molecular flexibility index (Phi) is 5.82. The van der Waals surface area contributed by atoms with Crippen LogP contribution in [0.5, 0.6) is 0 Å². The molecule has 1 aliphatic rings. The lowest BCUT2D eigenvalue weighted by molar-refractivity contribution is 0.0165. The van der Waals surface area contributed by atoms with Crippen LogP contribution in [-0.4, -0.2) is 50.5 Å². The third kappa shape index (κ3) is 6.09. The van der Waals surface area contributed by atoms with Crippen molar-refractivity contribution in [3.8, 4) is 0 Å². The minimum absolute atomic E-state index is 0.0102. The van der Waals surface area contributed by atoms with Gasteiger partial charge in [0.15, 0.2) is 0 Å². The summed E-state index contributed by atoms with van der Waals surface area (Å²) in [5, 5.41) is 0. The molecule has 0 unspecified atom stereocenters. The lowest BCUT2D eigenvalue weighted by Gasteiger charge is -2.33. The van der Waals surface area contributed by atoms with E-state index in [4.69, 9.17) is 8.92 Å². The number of carbonyl (C=O) groups excluding carboxylic acids is 1. The van der Waals surface area contributed by atoms with Crippen LogP contribution in [0.3, 0.4) is 0 Å². The Labute approximate surface area is 121 Å². The molecule has 1 aliphatic heterocycles. The summed E-state index contributed by atoms with van der Waals surface area (Å²) < 4.78 is 32.8. The van der Waals surface area contributed by atoms with E-state index in [1.54, 1.807) is 11.8 Å². The molecule has 6 nitrogen and oxygen atoms in total. The monoisotopic (exact) mass is 307 g/mol. The van der Waals surface area contributed by atoms with Gasteiger partial charge in [0.25, 0.3) is 10.1 Å². The van der Waals surface area contributed by atoms with E-state index >= 15 is 0 Å². The van der Waals surface area contributed by atoms with Crippen molar-refractivity contribution in [1.82, 2.24) is 4.90 Å². The molecule has 0 radical (unpaired) electrons. The number of likely N-dealkylation sites (tertiary alicyclic amines) is 1. The van der Waals surface area contributed by atoms with Crippen LogP contribution in [0, 0.1) is 5.92 Å². The Bertz CT molecular complexity index is 419. The van der Waals surface area contributed by atoms with Crippen molar-refractivity contribution in [1.29, 1.82) is 0 Å². The summed E-state index contributed by atoms with van der Waals surface area (Å²) in [5.41, 5.74) is -0.494. The first-order valence-electron chi connectivity index (χ1n) is 6.98. The van der Waals surface area contributed by atoms with Gasteiger partial charge in [0.05, 0.1) is 12.4 Å². The number of hydrogen-bond donors (Lipinski definition) is 0. The zero-order valence-corrected chi connectivity index (χ0v) is 13.5. The largest absolute Gasteiger partial charge is 0.444 e. The normalized spacial score (nSPS) is 18.1. The zero-order valence-electron chi connectivity index (χ0n) is 12.7. The maximum Gasteiger partial charge on any atom is 0.410 e. The number of ether oxygens (including phenoxy) is 1. The maximum absolute atomic E-state index is 11.9. The van der Waals surface area contributed by atoms with Crippen LogP contribution in [-0.2, 0) is 19.0 Å². The minimum atomic E-state index is -3.38. The quantitative estimate of drug-likeness (QED) is 0.743. The SMILES string of the molecule is CCS(=O)(=O)OCC1CCN(C(=O)OC(C)(C)C)CC1. The summed E-state index contributed by atoms with van der Waals surface area (Å²) in [6, 6.07) is 0. The molecule has 0 spiro atoms. The molecule has 1 fully saturated rings. The number of hydrogen-bond acceptors (Lipinski definition) is 5. The molecule has 7 heteroatoms. The molecule has 0 aliphatic carbocycles. The van der Waals surface area contributed by atoms with Gasteiger partial charge < -0.3 is 9.64 Å². The summed E-state index contributed by atoms with van der Waals surface area (Å²) in [4.78, 5) is 13.5. The Morgan fingerprint density at radius 2 is 1.80 bits per heavy atom. The fourth-order valence-corrected chi connectivity index (χ4v) is 2.46. The fraction of sp³-hybridized carbons (Fsp3) is 0.923. The van der Waals surface area contributed by atoms with Gasteiger partial charge in [-0.25, -0.2) is 4.79 Å². The highest BCUT2D eigenvalue weighted by atomic mass is 32.2. The van der Waals surface area contributed by atoms with Crippen LogP contribution in [0.2, 0.25) is 0 Å². The molecule has 0 saturated carbocycles. The second kappa shape index (κ2) is 6.76. The molecule has 1 heterocycles. The van der Waals surface area contributed by atoms with E-state index in [2.05, 4.69) is 0 Å². The third-order valence-corrected chi connectivity index (χ3v) is 4.31. The van der Waals surface area contributed by atoms with Gasteiger partial charge in [-0.2, -0.15) is 8.42 Å². The Balaban J connectivity index is 2.35. The molecule has 0 atom stereocenters. The molecule has 0 aromatic heterocycles. The molecule has 0 N–H and O–H groups in total. The second-order valence-corrected chi connectivity index (χ2v) is 7.97. The fourth-order valence-electron chi connectivity index (χ4n) is 1.89.